The van der Waals surface area contributed by atoms with Gasteiger partial charge in [-0.15, -0.1) is 0 Å². The normalized spacial score (nSPS) is 19.3. The molecule has 1 aliphatic heterocycles. The maximum atomic E-state index is 13.2. The number of nitrogens with zero attached hydrogens (tertiary/aromatic N) is 2. The van der Waals surface area contributed by atoms with Gasteiger partial charge in [-0.1, -0.05) is 31.2 Å². The number of carbonyl (C=O) groups is 1. The topological polar surface area (TPSA) is 67.9 Å². The molecule has 8 heteroatoms. The average molecular weight is 391 g/mol. The van der Waals surface area contributed by atoms with E-state index in [4.69, 9.17) is 5.73 Å². The molecule has 5 nitrogen and oxygen atoms in total. The molecule has 0 fully saturated rings. The molecule has 1 heterocycles. The molecule has 0 saturated carbocycles. The molecular weight excluding hydrogens is 371 g/mol. The number of nitrogens with two attached hydrogens (primary N) is 1. The van der Waals surface area contributed by atoms with E-state index in [0.29, 0.717) is 28.7 Å². The van der Waals surface area contributed by atoms with Gasteiger partial charge in [-0.2, -0.15) is 8.78 Å². The fraction of sp³-hybridized carbons (Fsp3) is 0.300. The fourth-order valence-corrected chi connectivity index (χ4v) is 3.36. The van der Waals surface area contributed by atoms with Crippen LogP contribution in [0.2, 0.25) is 0 Å². The van der Waals surface area contributed by atoms with Crippen molar-refractivity contribution >= 4 is 11.9 Å². The number of amides is 1. The van der Waals surface area contributed by atoms with Crippen molar-refractivity contribution in [1.29, 1.82) is 0 Å². The molecule has 1 aliphatic rings. The Labute approximate surface area is 160 Å². The second-order valence-corrected chi connectivity index (χ2v) is 6.43. The van der Waals surface area contributed by atoms with Gasteiger partial charge in [0, 0.05) is 7.05 Å². The highest BCUT2D eigenvalue weighted by molar-refractivity contribution is 6.08. The monoisotopic (exact) mass is 391 g/mol. The molecular formula is C20H20F3N3O2. The van der Waals surface area contributed by atoms with Crippen LogP contribution in [-0.2, 0) is 23.4 Å². The van der Waals surface area contributed by atoms with Crippen molar-refractivity contribution in [3.63, 3.8) is 0 Å². The molecule has 0 aliphatic carbocycles. The van der Waals surface area contributed by atoms with Gasteiger partial charge in [0.15, 0.2) is 11.5 Å². The number of alkyl halides is 3. The number of aliphatic imine (C=N–C) groups is 1. The van der Waals surface area contributed by atoms with Crippen molar-refractivity contribution in [2.24, 2.45) is 10.7 Å². The van der Waals surface area contributed by atoms with E-state index in [2.05, 4.69) is 9.73 Å². The molecule has 0 aromatic heterocycles. The SMILES string of the molecule is CCc1cc([C@@]2(c3cccc(CF)c3)N=C(N)N(C)C2=O)ccc1OC(F)F. The van der Waals surface area contributed by atoms with Crippen LogP contribution in [0.3, 0.4) is 0 Å². The van der Waals surface area contributed by atoms with Crippen LogP contribution in [0.25, 0.3) is 0 Å². The highest BCUT2D eigenvalue weighted by Crippen LogP contribution is 2.41. The predicted octanol–water partition coefficient (Wildman–Crippen LogP) is 3.35. The second kappa shape index (κ2) is 7.53. The van der Waals surface area contributed by atoms with Crippen LogP contribution in [0.4, 0.5) is 13.2 Å². The number of rotatable bonds is 6. The zero-order valence-corrected chi connectivity index (χ0v) is 15.5. The predicted molar refractivity (Wildman–Crippen MR) is 98.9 cm³/mol. The molecule has 0 radical (unpaired) electrons. The summed E-state index contributed by atoms with van der Waals surface area (Å²) in [5.41, 5.74) is 6.17. The first-order chi connectivity index (χ1) is 13.3. The number of ether oxygens (including phenoxy) is 1. The van der Waals surface area contributed by atoms with Crippen LogP contribution in [0.1, 0.15) is 29.2 Å². The van der Waals surface area contributed by atoms with Crippen molar-refractivity contribution in [1.82, 2.24) is 4.90 Å². The standard InChI is InChI=1S/C20H20F3N3O2/c1-3-13-10-15(7-8-16(13)28-18(22)23)20(17(27)26(2)19(24)25-20)14-6-4-5-12(9-14)11-21/h4-10,18H,3,11H2,1-2H3,(H2,24,25)/t20-/m1/s1. The Balaban J connectivity index is 2.23. The molecule has 1 amide bonds. The quantitative estimate of drug-likeness (QED) is 0.821. The van der Waals surface area contributed by atoms with E-state index in [1.54, 1.807) is 37.3 Å². The molecule has 1 atom stereocenters. The Morgan fingerprint density at radius 2 is 1.93 bits per heavy atom. The van der Waals surface area contributed by atoms with Crippen molar-refractivity contribution in [3.8, 4) is 5.75 Å². The van der Waals surface area contributed by atoms with E-state index in [-0.39, 0.29) is 11.7 Å². The lowest BCUT2D eigenvalue weighted by atomic mass is 9.81. The van der Waals surface area contributed by atoms with E-state index in [0.717, 1.165) is 0 Å². The molecule has 28 heavy (non-hydrogen) atoms. The molecule has 0 saturated heterocycles. The number of aryl methyl sites for hydroxylation is 1. The molecule has 2 N–H and O–H groups in total. The summed E-state index contributed by atoms with van der Waals surface area (Å²) in [6, 6.07) is 11.0. The van der Waals surface area contributed by atoms with Gasteiger partial charge in [-0.25, -0.2) is 9.38 Å². The van der Waals surface area contributed by atoms with Gasteiger partial charge in [0.25, 0.3) is 5.91 Å². The van der Waals surface area contributed by atoms with Crippen molar-refractivity contribution in [3.05, 3.63) is 64.7 Å². The van der Waals surface area contributed by atoms with Gasteiger partial charge in [0.1, 0.15) is 12.4 Å². The summed E-state index contributed by atoms with van der Waals surface area (Å²) in [4.78, 5) is 18.8. The first-order valence-corrected chi connectivity index (χ1v) is 8.70. The maximum absolute atomic E-state index is 13.2. The zero-order chi connectivity index (χ0) is 20.5. The Bertz CT molecular complexity index is 933. The van der Waals surface area contributed by atoms with Gasteiger partial charge in [-0.3, -0.25) is 9.69 Å². The minimum Gasteiger partial charge on any atom is -0.435 e. The summed E-state index contributed by atoms with van der Waals surface area (Å²) in [5, 5.41) is 0. The first kappa shape index (κ1) is 19.7. The summed E-state index contributed by atoms with van der Waals surface area (Å²) in [5.74, 6) is -0.364. The van der Waals surface area contributed by atoms with Gasteiger partial charge < -0.3 is 10.5 Å². The number of benzene rings is 2. The number of carbonyl (C=O) groups excluding carboxylic acids is 1. The molecule has 0 unspecified atom stereocenters. The van der Waals surface area contributed by atoms with Gasteiger partial charge in [0.2, 0.25) is 0 Å². The van der Waals surface area contributed by atoms with E-state index >= 15 is 0 Å². The Kier molecular flexibility index (Phi) is 5.31. The Hall–Kier alpha value is -3.03. The number of halogens is 3. The summed E-state index contributed by atoms with van der Waals surface area (Å²) in [7, 11) is 1.50. The first-order valence-electron chi connectivity index (χ1n) is 8.70. The number of hydrogen-bond acceptors (Lipinski definition) is 4. The lowest BCUT2D eigenvalue weighted by Crippen LogP contribution is -2.41. The van der Waals surface area contributed by atoms with Crippen LogP contribution >= 0.6 is 0 Å². The fourth-order valence-electron chi connectivity index (χ4n) is 3.36. The van der Waals surface area contributed by atoms with Crippen LogP contribution in [0, 0.1) is 0 Å². The molecule has 3 rings (SSSR count). The van der Waals surface area contributed by atoms with Crippen molar-refractivity contribution in [2.75, 3.05) is 7.05 Å². The summed E-state index contributed by atoms with van der Waals surface area (Å²) >= 11 is 0. The minimum atomic E-state index is -2.96. The van der Waals surface area contributed by atoms with Gasteiger partial charge in [0.05, 0.1) is 0 Å². The van der Waals surface area contributed by atoms with E-state index < -0.39 is 24.7 Å². The van der Waals surface area contributed by atoms with E-state index in [1.807, 2.05) is 0 Å². The Morgan fingerprint density at radius 3 is 2.50 bits per heavy atom. The summed E-state index contributed by atoms with van der Waals surface area (Å²) < 4.78 is 43.1. The third kappa shape index (κ3) is 3.19. The van der Waals surface area contributed by atoms with Crippen molar-refractivity contribution < 1.29 is 22.7 Å². The smallest absolute Gasteiger partial charge is 0.387 e. The highest BCUT2D eigenvalue weighted by atomic mass is 19.3. The van der Waals surface area contributed by atoms with Crippen molar-refractivity contribution in [2.45, 2.75) is 32.2 Å². The van der Waals surface area contributed by atoms with Crippen LogP contribution in [0.5, 0.6) is 5.75 Å². The highest BCUT2D eigenvalue weighted by Gasteiger charge is 2.49. The molecule has 148 valence electrons. The maximum Gasteiger partial charge on any atom is 0.387 e. The lowest BCUT2D eigenvalue weighted by Gasteiger charge is -2.27. The van der Waals surface area contributed by atoms with Gasteiger partial charge >= 0.3 is 6.61 Å². The zero-order valence-electron chi connectivity index (χ0n) is 15.5. The number of hydrogen-bond donors (Lipinski definition) is 1. The van der Waals surface area contributed by atoms with Gasteiger partial charge in [-0.05, 0) is 46.9 Å². The third-order valence-corrected chi connectivity index (χ3v) is 4.81. The van der Waals surface area contributed by atoms with E-state index in [1.165, 1.54) is 24.1 Å². The van der Waals surface area contributed by atoms with Crippen LogP contribution in [-0.4, -0.2) is 30.4 Å². The lowest BCUT2D eigenvalue weighted by molar-refractivity contribution is -0.129. The minimum absolute atomic E-state index is 0.0154. The van der Waals surface area contributed by atoms with Crippen LogP contribution in [0.15, 0.2) is 47.5 Å². The third-order valence-electron chi connectivity index (χ3n) is 4.81. The molecule has 2 aromatic rings. The number of guanidine groups is 1. The molecule has 0 bridgehead atoms. The Morgan fingerprint density at radius 1 is 1.21 bits per heavy atom. The molecule has 0 spiro atoms. The summed E-state index contributed by atoms with van der Waals surface area (Å²) in [6.07, 6.45) is 0.402. The molecule has 2 aromatic carbocycles. The largest absolute Gasteiger partial charge is 0.435 e. The summed E-state index contributed by atoms with van der Waals surface area (Å²) in [6.45, 7) is -1.87. The van der Waals surface area contributed by atoms with Crippen LogP contribution < -0.4 is 10.5 Å². The second-order valence-electron chi connectivity index (χ2n) is 6.43. The van der Waals surface area contributed by atoms with E-state index in [9.17, 15) is 18.0 Å². The average Bonchev–Trinajstić information content (AvgIpc) is 2.92. The number of likely N-dealkylation sites (N-methyl/N-ethyl adjacent to an activating group) is 1.